The van der Waals surface area contributed by atoms with Crippen LogP contribution in [0, 0.1) is 0 Å². The van der Waals surface area contributed by atoms with Gasteiger partial charge >= 0.3 is 5.97 Å². The van der Waals surface area contributed by atoms with Gasteiger partial charge in [0.1, 0.15) is 12.2 Å². The van der Waals surface area contributed by atoms with E-state index in [0.717, 1.165) is 5.56 Å². The van der Waals surface area contributed by atoms with E-state index in [-0.39, 0.29) is 23.4 Å². The van der Waals surface area contributed by atoms with Crippen LogP contribution in [0.3, 0.4) is 0 Å². The van der Waals surface area contributed by atoms with Crippen molar-refractivity contribution in [2.45, 2.75) is 43.1 Å². The van der Waals surface area contributed by atoms with Crippen LogP contribution in [-0.4, -0.2) is 55.8 Å². The average molecular weight is 354 g/mol. The Labute approximate surface area is 145 Å². The van der Waals surface area contributed by atoms with Gasteiger partial charge in [-0.2, -0.15) is 11.8 Å². The molecule has 0 spiro atoms. The van der Waals surface area contributed by atoms with Gasteiger partial charge in [0, 0.05) is 19.6 Å². The van der Waals surface area contributed by atoms with Crippen LogP contribution in [0.5, 0.6) is 0 Å². The van der Waals surface area contributed by atoms with Crippen molar-refractivity contribution in [3.8, 4) is 0 Å². The highest BCUT2D eigenvalue weighted by atomic mass is 32.2. The maximum absolute atomic E-state index is 11.5. The van der Waals surface area contributed by atoms with Crippen molar-refractivity contribution in [1.82, 2.24) is 0 Å². The lowest BCUT2D eigenvalue weighted by Crippen LogP contribution is -2.61. The predicted octanol–water partition coefficient (Wildman–Crippen LogP) is 2.14. The molecule has 6 atom stereocenters. The quantitative estimate of drug-likeness (QED) is 0.768. The molecule has 3 rings (SSSR count). The van der Waals surface area contributed by atoms with Gasteiger partial charge in [0.15, 0.2) is 18.7 Å². The molecule has 0 bridgehead atoms. The number of ether oxygens (including phenoxy) is 5. The molecule has 0 aromatic heterocycles. The number of methoxy groups -OCH3 is 1. The van der Waals surface area contributed by atoms with Gasteiger partial charge in [-0.3, -0.25) is 4.79 Å². The van der Waals surface area contributed by atoms with E-state index >= 15 is 0 Å². The number of hydrogen-bond acceptors (Lipinski definition) is 7. The van der Waals surface area contributed by atoms with Crippen LogP contribution in [-0.2, 0) is 28.5 Å². The van der Waals surface area contributed by atoms with E-state index < -0.39 is 18.7 Å². The van der Waals surface area contributed by atoms with Gasteiger partial charge in [0.2, 0.25) is 0 Å². The Morgan fingerprint density at radius 2 is 2.00 bits per heavy atom. The van der Waals surface area contributed by atoms with E-state index in [4.69, 9.17) is 23.7 Å². The van der Waals surface area contributed by atoms with Gasteiger partial charge in [-0.05, 0) is 6.26 Å². The lowest BCUT2D eigenvalue weighted by atomic mass is 10.00. The van der Waals surface area contributed by atoms with E-state index in [1.807, 2.05) is 36.6 Å². The monoisotopic (exact) mass is 354 g/mol. The SMILES string of the molecule is CO[C@@H]1O[C@@H]2COC(c3ccccc3)O[C@H]2[C@@H](SC)[C@H]1OC(C)=O. The second-order valence-corrected chi connectivity index (χ2v) is 6.75. The van der Waals surface area contributed by atoms with Crippen molar-refractivity contribution in [2.75, 3.05) is 20.0 Å². The second-order valence-electron chi connectivity index (χ2n) is 5.73. The summed E-state index contributed by atoms with van der Waals surface area (Å²) in [6.07, 6.45) is -0.171. The number of carbonyl (C=O) groups is 1. The van der Waals surface area contributed by atoms with E-state index in [0.29, 0.717) is 6.61 Å². The van der Waals surface area contributed by atoms with Gasteiger partial charge < -0.3 is 23.7 Å². The third-order valence-corrected chi connectivity index (χ3v) is 5.24. The first-order valence-electron chi connectivity index (χ1n) is 7.84. The number of rotatable bonds is 4. The number of fused-ring (bicyclic) bond motifs is 1. The summed E-state index contributed by atoms with van der Waals surface area (Å²) in [4.78, 5) is 11.5. The third-order valence-electron chi connectivity index (χ3n) is 4.16. The Kier molecular flexibility index (Phi) is 5.78. The number of benzene rings is 1. The van der Waals surface area contributed by atoms with Crippen LogP contribution in [0.2, 0.25) is 0 Å². The van der Waals surface area contributed by atoms with Crippen LogP contribution >= 0.6 is 11.8 Å². The average Bonchev–Trinajstić information content (AvgIpc) is 2.61. The van der Waals surface area contributed by atoms with Gasteiger partial charge in [0.25, 0.3) is 0 Å². The van der Waals surface area contributed by atoms with Gasteiger partial charge in [-0.1, -0.05) is 30.3 Å². The van der Waals surface area contributed by atoms with Crippen molar-refractivity contribution in [3.05, 3.63) is 35.9 Å². The zero-order chi connectivity index (χ0) is 17.1. The molecular formula is C17H22O6S. The zero-order valence-electron chi connectivity index (χ0n) is 13.9. The molecule has 132 valence electrons. The van der Waals surface area contributed by atoms with Crippen LogP contribution in [0.15, 0.2) is 30.3 Å². The molecule has 1 aromatic rings. The van der Waals surface area contributed by atoms with Crippen LogP contribution < -0.4 is 0 Å². The summed E-state index contributed by atoms with van der Waals surface area (Å²) in [5.74, 6) is -0.366. The summed E-state index contributed by atoms with van der Waals surface area (Å²) in [5, 5.41) is -0.104. The number of carbonyl (C=O) groups excluding carboxylic acids is 1. The van der Waals surface area contributed by atoms with E-state index in [2.05, 4.69) is 0 Å². The first kappa shape index (κ1) is 17.7. The van der Waals surface area contributed by atoms with Crippen LogP contribution in [0.4, 0.5) is 0 Å². The maximum Gasteiger partial charge on any atom is 0.303 e. The van der Waals surface area contributed by atoms with Gasteiger partial charge in [-0.15, -0.1) is 0 Å². The fourth-order valence-corrected chi connectivity index (χ4v) is 4.06. The molecule has 0 radical (unpaired) electrons. The van der Waals surface area contributed by atoms with Crippen molar-refractivity contribution < 1.29 is 28.5 Å². The third kappa shape index (κ3) is 3.60. The molecule has 2 heterocycles. The van der Waals surface area contributed by atoms with E-state index in [1.54, 1.807) is 11.8 Å². The minimum absolute atomic E-state index is 0.104. The van der Waals surface area contributed by atoms with Crippen molar-refractivity contribution in [2.24, 2.45) is 0 Å². The molecule has 0 N–H and O–H groups in total. The lowest BCUT2D eigenvalue weighted by molar-refractivity contribution is -0.331. The molecule has 2 saturated heterocycles. The molecule has 0 amide bonds. The normalized spacial score (nSPS) is 36.0. The van der Waals surface area contributed by atoms with E-state index in [9.17, 15) is 4.79 Å². The summed E-state index contributed by atoms with van der Waals surface area (Å²) in [7, 11) is 1.54. The molecule has 1 unspecified atom stereocenters. The molecule has 2 fully saturated rings. The second kappa shape index (κ2) is 7.84. The largest absolute Gasteiger partial charge is 0.456 e. The fourth-order valence-electron chi connectivity index (χ4n) is 3.10. The standard InChI is InChI=1S/C17H22O6S/c1-10(18)21-14-15(24-3)13-12(22-17(14)19-2)9-20-16(23-13)11-7-5-4-6-8-11/h4-8,12-17H,9H2,1-3H3/t12-,13-,14-,15-,16?,17-/m1/s1. The molecule has 0 saturated carbocycles. The summed E-state index contributed by atoms with van der Waals surface area (Å²) in [5.41, 5.74) is 0.953. The summed E-state index contributed by atoms with van der Waals surface area (Å²) < 4.78 is 28.7. The van der Waals surface area contributed by atoms with Crippen molar-refractivity contribution in [1.29, 1.82) is 0 Å². The highest BCUT2D eigenvalue weighted by molar-refractivity contribution is 7.99. The fraction of sp³-hybridized carbons (Fsp3) is 0.588. The molecule has 0 aliphatic carbocycles. The molecular weight excluding hydrogens is 332 g/mol. The summed E-state index contributed by atoms with van der Waals surface area (Å²) >= 11 is 1.58. The minimum atomic E-state index is -0.631. The minimum Gasteiger partial charge on any atom is -0.456 e. The number of esters is 1. The Balaban J connectivity index is 1.80. The Hall–Kier alpha value is -1.12. The predicted molar refractivity (Wildman–Crippen MR) is 88.5 cm³/mol. The highest BCUT2D eigenvalue weighted by Crippen LogP contribution is 2.39. The Morgan fingerprint density at radius 3 is 2.62 bits per heavy atom. The smallest absolute Gasteiger partial charge is 0.303 e. The summed E-state index contributed by atoms with van der Waals surface area (Å²) in [6.45, 7) is 1.78. The number of thioether (sulfide) groups is 1. The lowest BCUT2D eigenvalue weighted by Gasteiger charge is -2.48. The molecule has 1 aromatic carbocycles. The molecule has 2 aliphatic heterocycles. The first-order chi connectivity index (χ1) is 11.6. The molecule has 7 heteroatoms. The summed E-state index contributed by atoms with van der Waals surface area (Å²) in [6, 6.07) is 9.76. The number of hydrogen-bond donors (Lipinski definition) is 0. The highest BCUT2D eigenvalue weighted by Gasteiger charge is 2.51. The van der Waals surface area contributed by atoms with Crippen molar-refractivity contribution >= 4 is 17.7 Å². The van der Waals surface area contributed by atoms with Gasteiger partial charge in [-0.25, -0.2) is 0 Å². The molecule has 6 nitrogen and oxygen atoms in total. The molecule has 2 aliphatic rings. The topological polar surface area (TPSA) is 63.2 Å². The van der Waals surface area contributed by atoms with Crippen LogP contribution in [0.1, 0.15) is 18.8 Å². The zero-order valence-corrected chi connectivity index (χ0v) is 14.7. The van der Waals surface area contributed by atoms with Crippen molar-refractivity contribution in [3.63, 3.8) is 0 Å². The molecule has 24 heavy (non-hydrogen) atoms. The van der Waals surface area contributed by atoms with Gasteiger partial charge in [0.05, 0.1) is 11.9 Å². The Bertz CT molecular complexity index is 553. The Morgan fingerprint density at radius 1 is 1.25 bits per heavy atom. The maximum atomic E-state index is 11.5. The first-order valence-corrected chi connectivity index (χ1v) is 9.13. The van der Waals surface area contributed by atoms with Crippen LogP contribution in [0.25, 0.3) is 0 Å². The van der Waals surface area contributed by atoms with E-state index in [1.165, 1.54) is 14.0 Å².